The van der Waals surface area contributed by atoms with Crippen molar-refractivity contribution in [3.05, 3.63) is 0 Å². The summed E-state index contributed by atoms with van der Waals surface area (Å²) < 4.78 is 0. The van der Waals surface area contributed by atoms with Crippen molar-refractivity contribution in [1.82, 2.24) is 0 Å². The minimum absolute atomic E-state index is 0. The maximum absolute atomic E-state index is 8.74. The average molecular weight is 187 g/mol. The van der Waals surface area contributed by atoms with E-state index in [9.17, 15) is 0 Å². The Morgan fingerprint density at radius 3 is 1.33 bits per heavy atom. The largest absolute Gasteiger partial charge is 1.00 e. The monoisotopic (exact) mass is 186 g/mol. The van der Waals surface area contributed by atoms with Crippen molar-refractivity contribution in [2.75, 3.05) is 0 Å². The van der Waals surface area contributed by atoms with Crippen molar-refractivity contribution in [1.29, 1.82) is 0 Å². The van der Waals surface area contributed by atoms with Gasteiger partial charge in [0.15, 0.2) is 0 Å². The van der Waals surface area contributed by atoms with Crippen molar-refractivity contribution < 1.29 is 97.8 Å². The Morgan fingerprint density at radius 2 is 1.33 bits per heavy atom. The summed E-state index contributed by atoms with van der Waals surface area (Å²) in [6, 6.07) is 0. The first-order chi connectivity index (χ1) is 1.73. The molecule has 0 aromatic heterocycles. The quantitative estimate of drug-likeness (QED) is 0.353. The van der Waals surface area contributed by atoms with Crippen LogP contribution in [-0.4, -0.2) is 6.53 Å². The summed E-state index contributed by atoms with van der Waals surface area (Å²) in [5, 5.41) is 17.5. The molecule has 0 saturated heterocycles. The summed E-state index contributed by atoms with van der Waals surface area (Å²) in [5.74, 6) is 0. The van der Waals surface area contributed by atoms with Gasteiger partial charge in [-0.15, -0.1) is 0 Å². The molecule has 0 unspecified atom stereocenters. The Balaban J connectivity index is -0.0000000450. The molecule has 0 heterocycles. The molecule has 6 heavy (non-hydrogen) atoms. The Kier molecular flexibility index (Phi) is 29.3. The molecule has 0 saturated carbocycles. The van der Waals surface area contributed by atoms with Crippen molar-refractivity contribution in [2.24, 2.45) is 0 Å². The molecule has 0 radical (unpaired) electrons. The number of hydrogen-bond donors (Lipinski definition) is 0. The molecule has 6 heteroatoms. The van der Waals surface area contributed by atoms with Crippen LogP contribution in [0.5, 0.6) is 0 Å². The number of halogens is 1. The second-order valence-electron chi connectivity index (χ2n) is 0.274. The van der Waals surface area contributed by atoms with E-state index in [4.69, 9.17) is 10.0 Å². The molecule has 0 rings (SSSR count). The van der Waals surface area contributed by atoms with Crippen LogP contribution in [0.1, 0.15) is 0 Å². The Hall–Kier alpha value is 3.08. The van der Waals surface area contributed by atoms with E-state index >= 15 is 0 Å². The minimum atomic E-state index is -2.19. The fraction of sp³-hybridized carbons (Fsp3) is 0. The van der Waals surface area contributed by atoms with Gasteiger partial charge in [-0.2, -0.15) is 0 Å². The van der Waals surface area contributed by atoms with Crippen molar-refractivity contribution in [2.45, 2.75) is 0 Å². The van der Waals surface area contributed by atoms with E-state index in [1.165, 1.54) is 0 Å². The second kappa shape index (κ2) is 11.0. The van der Waals surface area contributed by atoms with E-state index < -0.39 is 6.53 Å². The summed E-state index contributed by atoms with van der Waals surface area (Å²) >= 11 is 4.16. The van der Waals surface area contributed by atoms with Crippen molar-refractivity contribution in [3.8, 4) is 0 Å². The molecule has 0 fully saturated rings. The van der Waals surface area contributed by atoms with Gasteiger partial charge in [0, 0.05) is 6.53 Å². The molecule has 0 aromatic rings. The van der Waals surface area contributed by atoms with Gasteiger partial charge in [0.05, 0.1) is 0 Å². The maximum Gasteiger partial charge on any atom is 1.00 e. The van der Waals surface area contributed by atoms with Crippen LogP contribution in [0.2, 0.25) is 0 Å². The van der Waals surface area contributed by atoms with Crippen LogP contribution in [0, 0.1) is 0 Å². The van der Waals surface area contributed by atoms with E-state index in [0.29, 0.717) is 0 Å². The van der Waals surface area contributed by atoms with E-state index in [0.717, 1.165) is 0 Å². The molecule has 2 nitrogen and oxygen atoms in total. The van der Waals surface area contributed by atoms with Crippen LogP contribution in [0.15, 0.2) is 0 Å². The number of rotatable bonds is 0. The summed E-state index contributed by atoms with van der Waals surface area (Å²) in [6.45, 7) is -2.19. The molecule has 0 aromatic carbocycles. The van der Waals surface area contributed by atoms with Crippen molar-refractivity contribution >= 4 is 18.0 Å². The van der Waals surface area contributed by atoms with Gasteiger partial charge < -0.3 is 10.0 Å². The third-order valence-corrected chi connectivity index (χ3v) is 0. The van der Waals surface area contributed by atoms with Gasteiger partial charge in [-0.3, -0.25) is 0 Å². The molecule has 0 aliphatic heterocycles. The zero-order chi connectivity index (χ0) is 3.58. The van der Waals surface area contributed by atoms with Crippen LogP contribution in [-0.2, 0) is 0 Å². The van der Waals surface area contributed by atoms with E-state index in [1.807, 2.05) is 0 Å². The molecular formula is BClNaO2Rb. The second-order valence-corrected chi connectivity index (χ2v) is 0.631. The van der Waals surface area contributed by atoms with Crippen LogP contribution < -0.4 is 97.8 Å². The standard InChI is InChI=1S/BClO2.Na.Rb/c2-1(3)4;;/q-2;2*+1. The van der Waals surface area contributed by atoms with Gasteiger partial charge >= 0.3 is 87.7 Å². The molecule has 0 N–H and O–H groups in total. The Bertz CT molecular complexity index is 18.3. The van der Waals surface area contributed by atoms with Gasteiger partial charge in [-0.25, -0.2) is 11.5 Å². The topological polar surface area (TPSA) is 46.1 Å². The predicted molar refractivity (Wildman–Crippen MR) is 11.6 cm³/mol. The Morgan fingerprint density at radius 1 is 1.33 bits per heavy atom. The first kappa shape index (κ1) is 16.0. The van der Waals surface area contributed by atoms with Gasteiger partial charge in [-0.05, 0) is 0 Å². The molecule has 0 amide bonds. The molecule has 0 aliphatic rings. The Labute approximate surface area is 113 Å². The zero-order valence-electron chi connectivity index (χ0n) is 3.77. The van der Waals surface area contributed by atoms with Crippen LogP contribution in [0.25, 0.3) is 0 Å². The SMILES string of the molecule is [Na+].[O-]B([O-])Cl.[Rb+]. The molecule has 0 bridgehead atoms. The van der Waals surface area contributed by atoms with Gasteiger partial charge in [0.2, 0.25) is 0 Å². The molecule has 0 aliphatic carbocycles. The third kappa shape index (κ3) is 27.6. The molecule has 0 spiro atoms. The summed E-state index contributed by atoms with van der Waals surface area (Å²) in [7, 11) is 0. The van der Waals surface area contributed by atoms with Crippen LogP contribution >= 0.6 is 11.5 Å². The smallest absolute Gasteiger partial charge is 0.881 e. The fourth-order valence-electron chi connectivity index (χ4n) is 0. The summed E-state index contributed by atoms with van der Waals surface area (Å²) in [6.07, 6.45) is 0. The molecule has 0 atom stereocenters. The van der Waals surface area contributed by atoms with Crippen molar-refractivity contribution in [3.63, 3.8) is 0 Å². The molecule has 24 valence electrons. The van der Waals surface area contributed by atoms with Gasteiger partial charge in [0.25, 0.3) is 0 Å². The molecular weight excluding hydrogens is 187 g/mol. The predicted octanol–water partition coefficient (Wildman–Crippen LogP) is -8.06. The average Bonchev–Trinajstić information content (AvgIpc) is 0.811. The summed E-state index contributed by atoms with van der Waals surface area (Å²) in [5.41, 5.74) is 0. The number of hydrogen-bond acceptors (Lipinski definition) is 2. The zero-order valence-corrected chi connectivity index (χ0v) is 11.4. The van der Waals surface area contributed by atoms with Crippen LogP contribution in [0.3, 0.4) is 0 Å². The van der Waals surface area contributed by atoms with Gasteiger partial charge in [0.1, 0.15) is 0 Å². The van der Waals surface area contributed by atoms with E-state index in [-0.39, 0.29) is 87.7 Å². The maximum atomic E-state index is 8.74. The first-order valence-electron chi connectivity index (χ1n) is 0.690. The first-order valence-corrected chi connectivity index (χ1v) is 1.13. The van der Waals surface area contributed by atoms with Gasteiger partial charge in [-0.1, -0.05) is 0 Å². The normalized spacial score (nSPS) is 4.50. The fourth-order valence-corrected chi connectivity index (χ4v) is 0. The van der Waals surface area contributed by atoms with E-state index in [2.05, 4.69) is 11.5 Å². The van der Waals surface area contributed by atoms with Crippen LogP contribution in [0.4, 0.5) is 0 Å². The minimum Gasteiger partial charge on any atom is -0.881 e. The van der Waals surface area contributed by atoms with E-state index in [1.54, 1.807) is 0 Å². The third-order valence-electron chi connectivity index (χ3n) is 0. The summed E-state index contributed by atoms with van der Waals surface area (Å²) in [4.78, 5) is 0.